The first kappa shape index (κ1) is 15.2. The number of aryl methyl sites for hydroxylation is 1. The lowest BCUT2D eigenvalue weighted by molar-refractivity contribution is 0.0940. The Balaban J connectivity index is 2.09. The number of nitrogens with zero attached hydrogens (tertiary/aromatic N) is 1. The van der Waals surface area contributed by atoms with Gasteiger partial charge in [-0.2, -0.15) is 0 Å². The zero-order valence-electron chi connectivity index (χ0n) is 12.0. The number of aromatic nitrogens is 1. The Kier molecular flexibility index (Phi) is 5.09. The van der Waals surface area contributed by atoms with Crippen LogP contribution in [0.5, 0.6) is 0 Å². The van der Waals surface area contributed by atoms with Gasteiger partial charge in [0, 0.05) is 27.7 Å². The molecule has 4 nitrogen and oxygen atoms in total. The van der Waals surface area contributed by atoms with E-state index in [1.165, 1.54) is 11.1 Å². The first-order chi connectivity index (χ1) is 10.1. The summed E-state index contributed by atoms with van der Waals surface area (Å²) in [5.74, 6) is 5.47. The van der Waals surface area contributed by atoms with Crippen LogP contribution in [-0.2, 0) is 0 Å². The summed E-state index contributed by atoms with van der Waals surface area (Å²) in [6, 6.07) is 5.77. The summed E-state index contributed by atoms with van der Waals surface area (Å²) in [5, 5.41) is 2.97. The maximum atomic E-state index is 12.2. The zero-order valence-corrected chi connectivity index (χ0v) is 12.8. The summed E-state index contributed by atoms with van der Waals surface area (Å²) in [4.78, 5) is 18.6. The molecule has 1 amide bonds. The molecule has 0 radical (unpaired) electrons. The molecule has 0 saturated carbocycles. The van der Waals surface area contributed by atoms with Crippen molar-refractivity contribution in [3.8, 4) is 11.8 Å². The quantitative estimate of drug-likeness (QED) is 0.854. The molecule has 21 heavy (non-hydrogen) atoms. The van der Waals surface area contributed by atoms with E-state index in [9.17, 15) is 4.79 Å². The minimum absolute atomic E-state index is 0.0324. The molecule has 0 aliphatic carbocycles. The van der Waals surface area contributed by atoms with Gasteiger partial charge < -0.3 is 11.1 Å². The summed E-state index contributed by atoms with van der Waals surface area (Å²) < 4.78 is 0. The fourth-order valence-electron chi connectivity index (χ4n) is 1.82. The lowest BCUT2D eigenvalue weighted by Gasteiger charge is -2.12. The molecule has 1 unspecified atom stereocenters. The maximum Gasteiger partial charge on any atom is 0.253 e. The molecule has 2 aromatic heterocycles. The second-order valence-corrected chi connectivity index (χ2v) is 5.93. The van der Waals surface area contributed by atoms with Crippen LogP contribution < -0.4 is 11.1 Å². The van der Waals surface area contributed by atoms with Crippen LogP contribution in [0.4, 0.5) is 0 Å². The minimum atomic E-state index is -0.155. The van der Waals surface area contributed by atoms with E-state index in [4.69, 9.17) is 5.73 Å². The second-order valence-electron chi connectivity index (χ2n) is 4.61. The highest BCUT2D eigenvalue weighted by Gasteiger charge is 2.13. The van der Waals surface area contributed by atoms with E-state index in [0.717, 1.165) is 4.88 Å². The monoisotopic (exact) mass is 299 g/mol. The van der Waals surface area contributed by atoms with E-state index in [2.05, 4.69) is 22.1 Å². The molecule has 3 N–H and O–H groups in total. The number of carbonyl (C=O) groups excluding carboxylic acids is 1. The number of pyridine rings is 1. The lowest BCUT2D eigenvalue weighted by Crippen LogP contribution is -2.26. The van der Waals surface area contributed by atoms with Gasteiger partial charge in [0.05, 0.1) is 18.2 Å². The van der Waals surface area contributed by atoms with Gasteiger partial charge in [0.25, 0.3) is 5.91 Å². The first-order valence-corrected chi connectivity index (χ1v) is 7.43. The third kappa shape index (κ3) is 4.15. The van der Waals surface area contributed by atoms with Crippen molar-refractivity contribution in [2.75, 3.05) is 6.54 Å². The Morgan fingerprint density at radius 3 is 2.95 bits per heavy atom. The molecule has 2 rings (SSSR count). The van der Waals surface area contributed by atoms with Crippen molar-refractivity contribution in [3.05, 3.63) is 51.5 Å². The van der Waals surface area contributed by atoms with E-state index < -0.39 is 0 Å². The average molecular weight is 299 g/mol. The van der Waals surface area contributed by atoms with Crippen molar-refractivity contribution < 1.29 is 4.79 Å². The Hall–Kier alpha value is -2.16. The number of hydrogen-bond donors (Lipinski definition) is 2. The molecule has 0 aliphatic rings. The van der Waals surface area contributed by atoms with Gasteiger partial charge in [-0.05, 0) is 32.0 Å². The number of carbonyl (C=O) groups is 1. The molecule has 0 spiro atoms. The largest absolute Gasteiger partial charge is 0.345 e. The van der Waals surface area contributed by atoms with E-state index >= 15 is 0 Å². The third-order valence-corrected chi connectivity index (χ3v) is 4.05. The summed E-state index contributed by atoms with van der Waals surface area (Å²) in [5.41, 5.74) is 6.52. The number of thiophene rings is 1. The normalized spacial score (nSPS) is 11.4. The van der Waals surface area contributed by atoms with E-state index in [0.29, 0.717) is 11.1 Å². The molecule has 0 bridgehead atoms. The second kappa shape index (κ2) is 7.02. The number of amides is 1. The maximum absolute atomic E-state index is 12.2. The molecule has 1 atom stereocenters. The van der Waals surface area contributed by atoms with Crippen molar-refractivity contribution in [2.45, 2.75) is 19.9 Å². The van der Waals surface area contributed by atoms with Gasteiger partial charge in [0.2, 0.25) is 0 Å². The van der Waals surface area contributed by atoms with Gasteiger partial charge in [-0.3, -0.25) is 9.78 Å². The van der Waals surface area contributed by atoms with Crippen molar-refractivity contribution >= 4 is 17.2 Å². The van der Waals surface area contributed by atoms with Gasteiger partial charge in [-0.15, -0.1) is 11.3 Å². The van der Waals surface area contributed by atoms with Gasteiger partial charge in [-0.25, -0.2) is 0 Å². The standard InChI is InChI=1S/C16H17N3OS/c1-11-5-6-15(21-11)12(2)19-16(20)14-8-13(4-3-7-17)9-18-10-14/h5-6,8-10,12H,7,17H2,1-2H3,(H,19,20). The number of rotatable bonds is 3. The Morgan fingerprint density at radius 2 is 2.29 bits per heavy atom. The van der Waals surface area contributed by atoms with Crippen LogP contribution >= 0.6 is 11.3 Å². The smallest absolute Gasteiger partial charge is 0.253 e. The van der Waals surface area contributed by atoms with Crippen LogP contribution in [0.25, 0.3) is 0 Å². The SMILES string of the molecule is Cc1ccc(C(C)NC(=O)c2cncc(C#CCN)c2)s1. The lowest BCUT2D eigenvalue weighted by atomic mass is 10.2. The van der Waals surface area contributed by atoms with E-state index in [1.807, 2.05) is 26.0 Å². The van der Waals surface area contributed by atoms with Crippen LogP contribution in [0.15, 0.2) is 30.6 Å². The average Bonchev–Trinajstić information content (AvgIpc) is 2.92. The van der Waals surface area contributed by atoms with E-state index in [1.54, 1.807) is 23.6 Å². The van der Waals surface area contributed by atoms with Gasteiger partial charge >= 0.3 is 0 Å². The fraction of sp³-hybridized carbons (Fsp3) is 0.250. The van der Waals surface area contributed by atoms with Crippen LogP contribution in [0.2, 0.25) is 0 Å². The van der Waals surface area contributed by atoms with Crippen molar-refractivity contribution in [1.82, 2.24) is 10.3 Å². The van der Waals surface area contributed by atoms with Crippen molar-refractivity contribution in [1.29, 1.82) is 0 Å². The summed E-state index contributed by atoms with van der Waals surface area (Å²) in [7, 11) is 0. The first-order valence-electron chi connectivity index (χ1n) is 6.61. The number of hydrogen-bond acceptors (Lipinski definition) is 4. The molecule has 108 valence electrons. The molecule has 5 heteroatoms. The molecule has 2 heterocycles. The van der Waals surface area contributed by atoms with E-state index in [-0.39, 0.29) is 18.5 Å². The van der Waals surface area contributed by atoms with Crippen LogP contribution in [0.1, 0.15) is 38.6 Å². The highest BCUT2D eigenvalue weighted by molar-refractivity contribution is 7.12. The van der Waals surface area contributed by atoms with Crippen molar-refractivity contribution in [3.63, 3.8) is 0 Å². The molecule has 2 aromatic rings. The third-order valence-electron chi connectivity index (χ3n) is 2.87. The fourth-order valence-corrected chi connectivity index (χ4v) is 2.70. The number of nitrogens with two attached hydrogens (primary N) is 1. The van der Waals surface area contributed by atoms with Crippen LogP contribution in [0, 0.1) is 18.8 Å². The minimum Gasteiger partial charge on any atom is -0.345 e. The zero-order chi connectivity index (χ0) is 15.2. The summed E-state index contributed by atoms with van der Waals surface area (Å²) in [6.07, 6.45) is 3.15. The topological polar surface area (TPSA) is 68.0 Å². The molecular formula is C16H17N3OS. The Morgan fingerprint density at radius 1 is 1.48 bits per heavy atom. The highest BCUT2D eigenvalue weighted by Crippen LogP contribution is 2.22. The summed E-state index contributed by atoms with van der Waals surface area (Å²) in [6.45, 7) is 4.30. The van der Waals surface area contributed by atoms with Crippen LogP contribution in [0.3, 0.4) is 0 Å². The Labute approximate surface area is 128 Å². The Bertz CT molecular complexity index is 697. The predicted molar refractivity (Wildman–Crippen MR) is 85.1 cm³/mol. The predicted octanol–water partition coefficient (Wildman–Crippen LogP) is 2.25. The van der Waals surface area contributed by atoms with Gasteiger partial charge in [-0.1, -0.05) is 11.8 Å². The highest BCUT2D eigenvalue weighted by atomic mass is 32.1. The van der Waals surface area contributed by atoms with Gasteiger partial charge in [0.15, 0.2) is 0 Å². The number of nitrogens with one attached hydrogen (secondary N) is 1. The molecule has 0 fully saturated rings. The van der Waals surface area contributed by atoms with Gasteiger partial charge in [0.1, 0.15) is 0 Å². The molecule has 0 aromatic carbocycles. The van der Waals surface area contributed by atoms with Crippen LogP contribution in [-0.4, -0.2) is 17.4 Å². The van der Waals surface area contributed by atoms with Crippen molar-refractivity contribution in [2.24, 2.45) is 5.73 Å². The molecular weight excluding hydrogens is 282 g/mol. The summed E-state index contributed by atoms with van der Waals surface area (Å²) >= 11 is 1.68. The molecule has 0 aliphatic heterocycles. The molecule has 0 saturated heterocycles.